The summed E-state index contributed by atoms with van der Waals surface area (Å²) in [5, 5.41) is 3.98. The highest BCUT2D eigenvalue weighted by molar-refractivity contribution is 7.98. The third-order valence-electron chi connectivity index (χ3n) is 4.48. The van der Waals surface area contributed by atoms with Gasteiger partial charge in [-0.15, -0.1) is 0 Å². The summed E-state index contributed by atoms with van der Waals surface area (Å²) in [7, 11) is 1.99. The predicted molar refractivity (Wildman–Crippen MR) is 126 cm³/mol. The van der Waals surface area contributed by atoms with E-state index < -0.39 is 0 Å². The number of nitrogens with zero attached hydrogens (tertiary/aromatic N) is 3. The fourth-order valence-corrected chi connectivity index (χ4v) is 3.91. The Kier molecular flexibility index (Phi) is 7.71. The smallest absolute Gasteiger partial charge is 0.255 e. The van der Waals surface area contributed by atoms with Crippen molar-refractivity contribution in [1.82, 2.24) is 9.97 Å². The molecule has 1 amide bonds. The second-order valence-electron chi connectivity index (χ2n) is 7.06. The van der Waals surface area contributed by atoms with Crippen molar-refractivity contribution in [3.63, 3.8) is 0 Å². The number of hydrogen-bond donors (Lipinski definition) is 1. The zero-order valence-corrected chi connectivity index (χ0v) is 18.9. The maximum Gasteiger partial charge on any atom is 0.255 e. The van der Waals surface area contributed by atoms with Gasteiger partial charge in [0.15, 0.2) is 5.16 Å². The molecular formula is C23H25ClN4OS. The van der Waals surface area contributed by atoms with Gasteiger partial charge in [-0.2, -0.15) is 0 Å². The van der Waals surface area contributed by atoms with E-state index in [2.05, 4.69) is 27.1 Å². The summed E-state index contributed by atoms with van der Waals surface area (Å²) in [6.07, 6.45) is 1.03. The second kappa shape index (κ2) is 10.5. The number of carbonyl (C=O) groups excluding carboxylic acids is 1. The molecule has 3 rings (SSSR count). The maximum absolute atomic E-state index is 12.6. The molecule has 5 nitrogen and oxygen atoms in total. The average molecular weight is 441 g/mol. The molecule has 0 spiro atoms. The molecule has 2 aromatic carbocycles. The molecule has 1 heterocycles. The van der Waals surface area contributed by atoms with Crippen molar-refractivity contribution in [3.8, 4) is 0 Å². The van der Waals surface area contributed by atoms with Gasteiger partial charge in [-0.25, -0.2) is 9.97 Å². The molecule has 0 unspecified atom stereocenters. The molecule has 1 aromatic heterocycles. The van der Waals surface area contributed by atoms with Crippen molar-refractivity contribution in [2.45, 2.75) is 31.2 Å². The molecule has 0 aliphatic rings. The number of anilines is 2. The number of thioether (sulfide) groups is 1. The van der Waals surface area contributed by atoms with Crippen LogP contribution in [-0.2, 0) is 5.75 Å². The van der Waals surface area contributed by atoms with Gasteiger partial charge in [-0.1, -0.05) is 60.1 Å². The van der Waals surface area contributed by atoms with Crippen LogP contribution >= 0.6 is 23.4 Å². The molecule has 0 saturated heterocycles. The molecule has 0 saturated carbocycles. The number of nitrogens with one attached hydrogen (secondary N) is 1. The monoisotopic (exact) mass is 440 g/mol. The van der Waals surface area contributed by atoms with E-state index >= 15 is 0 Å². The number of rotatable bonds is 8. The minimum Gasteiger partial charge on any atom is -0.360 e. The number of carbonyl (C=O) groups is 1. The number of amides is 1. The van der Waals surface area contributed by atoms with E-state index in [1.54, 1.807) is 6.07 Å². The first kappa shape index (κ1) is 22.1. The lowest BCUT2D eigenvalue weighted by Crippen LogP contribution is -2.19. The molecule has 30 heavy (non-hydrogen) atoms. The maximum atomic E-state index is 12.6. The van der Waals surface area contributed by atoms with E-state index in [-0.39, 0.29) is 5.91 Å². The first-order valence-corrected chi connectivity index (χ1v) is 11.2. The first-order valence-electron chi connectivity index (χ1n) is 9.80. The van der Waals surface area contributed by atoms with Crippen LogP contribution < -0.4 is 10.2 Å². The van der Waals surface area contributed by atoms with E-state index in [9.17, 15) is 4.79 Å². The Balaban J connectivity index is 1.67. The topological polar surface area (TPSA) is 58.1 Å². The van der Waals surface area contributed by atoms with Gasteiger partial charge in [0.2, 0.25) is 0 Å². The molecule has 0 bridgehead atoms. The zero-order chi connectivity index (χ0) is 21.5. The van der Waals surface area contributed by atoms with Crippen LogP contribution in [0.5, 0.6) is 0 Å². The lowest BCUT2D eigenvalue weighted by atomic mass is 10.1. The molecule has 0 aliphatic carbocycles. The summed E-state index contributed by atoms with van der Waals surface area (Å²) in [5.74, 6) is 1.32. The zero-order valence-electron chi connectivity index (χ0n) is 17.4. The quantitative estimate of drug-likeness (QED) is 0.271. The standard InChI is InChI=1S/C23H25ClN4OS/c1-4-12-28(3)21-14-20(24)26-23(27-21)30-15-17-6-5-7-18(13-17)22(29)25-19-10-8-16(2)9-11-19/h5-11,13-14H,4,12,15H2,1-3H3,(H,25,29). The van der Waals surface area contributed by atoms with Crippen molar-refractivity contribution in [3.05, 3.63) is 76.4 Å². The van der Waals surface area contributed by atoms with Crippen molar-refractivity contribution in [2.24, 2.45) is 0 Å². The van der Waals surface area contributed by atoms with Crippen LogP contribution in [0.25, 0.3) is 0 Å². The Hall–Kier alpha value is -2.57. The third-order valence-corrected chi connectivity index (χ3v) is 5.59. The average Bonchev–Trinajstić information content (AvgIpc) is 2.74. The highest BCUT2D eigenvalue weighted by Crippen LogP contribution is 2.25. The summed E-state index contributed by atoms with van der Waals surface area (Å²) < 4.78 is 0. The van der Waals surface area contributed by atoms with Gasteiger partial charge in [0, 0.05) is 36.7 Å². The number of benzene rings is 2. The van der Waals surface area contributed by atoms with Gasteiger partial charge in [-0.3, -0.25) is 4.79 Å². The minimum absolute atomic E-state index is 0.131. The Labute approximate surface area is 186 Å². The van der Waals surface area contributed by atoms with E-state index in [1.165, 1.54) is 11.8 Å². The molecule has 7 heteroatoms. The van der Waals surface area contributed by atoms with E-state index in [0.717, 1.165) is 35.6 Å². The molecule has 1 N–H and O–H groups in total. The normalized spacial score (nSPS) is 10.7. The third kappa shape index (κ3) is 6.21. The summed E-state index contributed by atoms with van der Waals surface area (Å²) in [4.78, 5) is 23.6. The summed E-state index contributed by atoms with van der Waals surface area (Å²) >= 11 is 7.68. The fraction of sp³-hybridized carbons (Fsp3) is 0.261. The van der Waals surface area contributed by atoms with E-state index in [0.29, 0.717) is 21.6 Å². The Morgan fingerprint density at radius 3 is 2.63 bits per heavy atom. The number of aromatic nitrogens is 2. The molecule has 3 aromatic rings. The van der Waals surface area contributed by atoms with Gasteiger partial charge in [0.25, 0.3) is 5.91 Å². The van der Waals surface area contributed by atoms with Gasteiger partial charge >= 0.3 is 0 Å². The van der Waals surface area contributed by atoms with E-state index in [4.69, 9.17) is 11.6 Å². The molecule has 0 radical (unpaired) electrons. The van der Waals surface area contributed by atoms with Crippen LogP contribution in [0.4, 0.5) is 11.5 Å². The van der Waals surface area contributed by atoms with Crippen LogP contribution in [0, 0.1) is 6.92 Å². The molecule has 0 aliphatic heterocycles. The SMILES string of the molecule is CCCN(C)c1cc(Cl)nc(SCc2cccc(C(=O)Nc3ccc(C)cc3)c2)n1. The predicted octanol–water partition coefficient (Wildman–Crippen LogP) is 5.83. The van der Waals surface area contributed by atoms with E-state index in [1.807, 2.05) is 62.5 Å². The van der Waals surface area contributed by atoms with Gasteiger partial charge in [0.1, 0.15) is 11.0 Å². The Bertz CT molecular complexity index is 1010. The van der Waals surface area contributed by atoms with Crippen LogP contribution in [0.3, 0.4) is 0 Å². The number of hydrogen-bond acceptors (Lipinski definition) is 5. The lowest BCUT2D eigenvalue weighted by molar-refractivity contribution is 0.102. The summed E-state index contributed by atoms with van der Waals surface area (Å²) in [5.41, 5.74) is 3.56. The lowest BCUT2D eigenvalue weighted by Gasteiger charge is -2.17. The highest BCUT2D eigenvalue weighted by atomic mass is 35.5. The van der Waals surface area contributed by atoms with Crippen molar-refractivity contribution in [1.29, 1.82) is 0 Å². The largest absolute Gasteiger partial charge is 0.360 e. The van der Waals surface area contributed by atoms with Crippen molar-refractivity contribution >= 4 is 40.8 Å². The number of aryl methyl sites for hydroxylation is 1. The highest BCUT2D eigenvalue weighted by Gasteiger charge is 2.10. The Morgan fingerprint density at radius 2 is 1.90 bits per heavy atom. The number of halogens is 1. The minimum atomic E-state index is -0.131. The van der Waals surface area contributed by atoms with Gasteiger partial charge in [0.05, 0.1) is 0 Å². The van der Waals surface area contributed by atoms with Crippen LogP contribution in [-0.4, -0.2) is 29.5 Å². The van der Waals surface area contributed by atoms with Crippen molar-refractivity contribution in [2.75, 3.05) is 23.8 Å². The summed E-state index contributed by atoms with van der Waals surface area (Å²) in [6, 6.07) is 17.1. The summed E-state index contributed by atoms with van der Waals surface area (Å²) in [6.45, 7) is 5.04. The van der Waals surface area contributed by atoms with Gasteiger partial charge in [-0.05, 0) is 43.2 Å². The Morgan fingerprint density at radius 1 is 1.13 bits per heavy atom. The van der Waals surface area contributed by atoms with Gasteiger partial charge < -0.3 is 10.2 Å². The van der Waals surface area contributed by atoms with Crippen LogP contribution in [0.2, 0.25) is 5.15 Å². The molecular weight excluding hydrogens is 416 g/mol. The molecule has 0 atom stereocenters. The fourth-order valence-electron chi connectivity index (χ4n) is 2.89. The van der Waals surface area contributed by atoms with Crippen LogP contribution in [0.15, 0.2) is 59.8 Å². The van der Waals surface area contributed by atoms with Crippen molar-refractivity contribution < 1.29 is 4.79 Å². The second-order valence-corrected chi connectivity index (χ2v) is 8.39. The van der Waals surface area contributed by atoms with Crippen LogP contribution in [0.1, 0.15) is 34.8 Å². The molecule has 0 fully saturated rings. The molecule has 156 valence electrons. The first-order chi connectivity index (χ1) is 14.4.